The molecule has 1 unspecified atom stereocenters. The van der Waals surface area contributed by atoms with Gasteiger partial charge in [-0.15, -0.1) is 0 Å². The fraction of sp³-hybridized carbons (Fsp3) is 0.429. The van der Waals surface area contributed by atoms with E-state index in [1.807, 2.05) is 65.0 Å². The maximum atomic E-state index is 13.8. The van der Waals surface area contributed by atoms with Gasteiger partial charge >= 0.3 is 0 Å². The molecule has 0 bridgehead atoms. The van der Waals surface area contributed by atoms with Gasteiger partial charge in [-0.1, -0.05) is 12.1 Å². The summed E-state index contributed by atoms with van der Waals surface area (Å²) in [6, 6.07) is 8.71. The smallest absolute Gasteiger partial charge is 0.290 e. The Morgan fingerprint density at radius 1 is 1.09 bits per heavy atom. The van der Waals surface area contributed by atoms with Crippen molar-refractivity contribution in [1.82, 2.24) is 4.90 Å². The number of ether oxygens (including phenoxy) is 3. The van der Waals surface area contributed by atoms with Gasteiger partial charge in [-0.2, -0.15) is 0 Å². The summed E-state index contributed by atoms with van der Waals surface area (Å²) in [6.07, 6.45) is 0.737. The molecule has 0 saturated heterocycles. The summed E-state index contributed by atoms with van der Waals surface area (Å²) in [6.45, 7) is 11.1. The number of carbonyl (C=O) groups is 1. The van der Waals surface area contributed by atoms with Gasteiger partial charge in [-0.25, -0.2) is 0 Å². The lowest BCUT2D eigenvalue weighted by Gasteiger charge is -2.26. The number of hydrogen-bond acceptors (Lipinski definition) is 6. The minimum Gasteiger partial charge on any atom is -0.493 e. The van der Waals surface area contributed by atoms with E-state index in [1.165, 1.54) is 0 Å². The molecule has 0 radical (unpaired) electrons. The second-order valence-corrected chi connectivity index (χ2v) is 9.15. The molecule has 1 aliphatic rings. The van der Waals surface area contributed by atoms with Crippen molar-refractivity contribution in [3.8, 4) is 11.5 Å². The van der Waals surface area contributed by atoms with Gasteiger partial charge in [0.1, 0.15) is 5.58 Å². The van der Waals surface area contributed by atoms with Crippen LogP contribution in [0.25, 0.3) is 11.0 Å². The highest BCUT2D eigenvalue weighted by atomic mass is 16.5. The molecule has 0 N–H and O–H groups in total. The number of carbonyl (C=O) groups excluding carboxylic acids is 1. The summed E-state index contributed by atoms with van der Waals surface area (Å²) in [7, 11) is 1.57. The van der Waals surface area contributed by atoms with Crippen molar-refractivity contribution in [3.63, 3.8) is 0 Å². The van der Waals surface area contributed by atoms with Crippen LogP contribution in [0.2, 0.25) is 0 Å². The van der Waals surface area contributed by atoms with Crippen LogP contribution in [0.15, 0.2) is 39.5 Å². The van der Waals surface area contributed by atoms with Crippen LogP contribution < -0.4 is 14.9 Å². The van der Waals surface area contributed by atoms with Crippen molar-refractivity contribution in [2.45, 2.75) is 53.2 Å². The summed E-state index contributed by atoms with van der Waals surface area (Å²) in [5, 5.41) is 0.488. The molecule has 1 amide bonds. The molecular weight excluding hydrogens is 446 g/mol. The highest BCUT2D eigenvalue weighted by Crippen LogP contribution is 2.41. The fourth-order valence-electron chi connectivity index (χ4n) is 4.73. The first-order valence-electron chi connectivity index (χ1n) is 12.1. The van der Waals surface area contributed by atoms with E-state index < -0.39 is 6.04 Å². The van der Waals surface area contributed by atoms with Gasteiger partial charge in [0.05, 0.1) is 36.8 Å². The molecule has 4 rings (SSSR count). The number of amides is 1. The number of nitrogens with zero attached hydrogens (tertiary/aromatic N) is 1. The van der Waals surface area contributed by atoms with E-state index in [2.05, 4.69) is 0 Å². The molecule has 35 heavy (non-hydrogen) atoms. The third-order valence-electron chi connectivity index (χ3n) is 6.19. The van der Waals surface area contributed by atoms with Gasteiger partial charge in [0.2, 0.25) is 5.76 Å². The molecule has 7 nitrogen and oxygen atoms in total. The Kier molecular flexibility index (Phi) is 7.17. The van der Waals surface area contributed by atoms with Crippen LogP contribution in [-0.4, -0.2) is 43.8 Å². The quantitative estimate of drug-likeness (QED) is 0.394. The third-order valence-corrected chi connectivity index (χ3v) is 6.19. The third kappa shape index (κ3) is 4.65. The van der Waals surface area contributed by atoms with E-state index in [0.717, 1.165) is 16.7 Å². The average Bonchev–Trinajstić information content (AvgIpc) is 3.10. The van der Waals surface area contributed by atoms with E-state index in [-0.39, 0.29) is 23.2 Å². The molecule has 2 heterocycles. The lowest BCUT2D eigenvalue weighted by atomic mass is 9.97. The number of methoxy groups -OCH3 is 1. The summed E-state index contributed by atoms with van der Waals surface area (Å²) in [5.74, 6) is 0.973. The Hall–Kier alpha value is -3.32. The van der Waals surface area contributed by atoms with Crippen molar-refractivity contribution in [2.24, 2.45) is 0 Å². The minimum atomic E-state index is -0.595. The van der Waals surface area contributed by atoms with Gasteiger partial charge in [0, 0.05) is 13.2 Å². The van der Waals surface area contributed by atoms with Crippen molar-refractivity contribution in [2.75, 3.05) is 26.9 Å². The van der Waals surface area contributed by atoms with E-state index in [0.29, 0.717) is 54.2 Å². The minimum absolute atomic E-state index is 0.104. The van der Waals surface area contributed by atoms with Crippen LogP contribution in [0.4, 0.5) is 0 Å². The first-order valence-corrected chi connectivity index (χ1v) is 12.1. The molecule has 186 valence electrons. The summed E-state index contributed by atoms with van der Waals surface area (Å²) in [5.41, 5.74) is 3.20. The zero-order valence-corrected chi connectivity index (χ0v) is 21.3. The van der Waals surface area contributed by atoms with E-state index >= 15 is 0 Å². The highest BCUT2D eigenvalue weighted by Gasteiger charge is 2.42. The van der Waals surface area contributed by atoms with Gasteiger partial charge in [-0.3, -0.25) is 9.59 Å². The van der Waals surface area contributed by atoms with Crippen LogP contribution >= 0.6 is 0 Å². The number of fused-ring (bicyclic) bond motifs is 2. The largest absolute Gasteiger partial charge is 0.493 e. The number of hydrogen-bond donors (Lipinski definition) is 0. The topological polar surface area (TPSA) is 78.2 Å². The predicted octanol–water partition coefficient (Wildman–Crippen LogP) is 5.18. The number of benzene rings is 2. The molecule has 0 aliphatic carbocycles. The van der Waals surface area contributed by atoms with Gasteiger partial charge in [0.25, 0.3) is 5.91 Å². The van der Waals surface area contributed by atoms with E-state index in [4.69, 9.17) is 18.6 Å². The molecule has 1 atom stereocenters. The molecule has 0 saturated carbocycles. The molecule has 7 heteroatoms. The molecule has 2 aromatic carbocycles. The highest BCUT2D eigenvalue weighted by molar-refractivity contribution is 5.99. The zero-order valence-electron chi connectivity index (χ0n) is 21.3. The molecule has 0 spiro atoms. The van der Waals surface area contributed by atoms with Crippen LogP contribution in [0.5, 0.6) is 11.5 Å². The summed E-state index contributed by atoms with van der Waals surface area (Å²) >= 11 is 0. The predicted molar refractivity (Wildman–Crippen MR) is 135 cm³/mol. The molecule has 0 fully saturated rings. The van der Waals surface area contributed by atoms with Crippen LogP contribution in [0, 0.1) is 13.8 Å². The van der Waals surface area contributed by atoms with Crippen LogP contribution in [0.1, 0.15) is 66.0 Å². The monoisotopic (exact) mass is 479 g/mol. The summed E-state index contributed by atoms with van der Waals surface area (Å²) in [4.78, 5) is 29.1. The number of rotatable bonds is 9. The molecule has 1 aliphatic heterocycles. The zero-order chi connectivity index (χ0) is 25.3. The Labute approximate surface area is 205 Å². The van der Waals surface area contributed by atoms with Crippen LogP contribution in [-0.2, 0) is 4.74 Å². The maximum absolute atomic E-state index is 13.8. The van der Waals surface area contributed by atoms with Crippen molar-refractivity contribution >= 4 is 16.9 Å². The first-order chi connectivity index (χ1) is 16.8. The van der Waals surface area contributed by atoms with Crippen molar-refractivity contribution in [3.05, 3.63) is 68.6 Å². The average molecular weight is 480 g/mol. The Morgan fingerprint density at radius 3 is 2.54 bits per heavy atom. The SMILES string of the molecule is CCOc1ccc(C2c3c(oc4c(C)cc(C)cc4c3=O)C(=O)N2CCCOC(C)C)cc1OC. The maximum Gasteiger partial charge on any atom is 0.290 e. The van der Waals surface area contributed by atoms with E-state index in [1.54, 1.807) is 12.0 Å². The Morgan fingerprint density at radius 2 is 1.86 bits per heavy atom. The molecular formula is C28H33NO6. The van der Waals surface area contributed by atoms with Gasteiger partial charge in [0.15, 0.2) is 16.9 Å². The van der Waals surface area contributed by atoms with E-state index in [9.17, 15) is 9.59 Å². The standard InChI is InChI=1S/C28H33NO6/c1-7-33-21-10-9-19(15-22(21)32-6)24-23-25(30)20-14-17(4)13-18(5)26(20)35-27(23)28(31)29(24)11-8-12-34-16(2)3/h9-10,13-16,24H,7-8,11-12H2,1-6H3. The molecule has 3 aromatic rings. The lowest BCUT2D eigenvalue weighted by Crippen LogP contribution is -2.31. The van der Waals surface area contributed by atoms with Crippen molar-refractivity contribution < 1.29 is 23.4 Å². The van der Waals surface area contributed by atoms with Crippen LogP contribution in [0.3, 0.4) is 0 Å². The normalized spacial score (nSPS) is 15.2. The second kappa shape index (κ2) is 10.1. The van der Waals surface area contributed by atoms with Crippen molar-refractivity contribution in [1.29, 1.82) is 0 Å². The van der Waals surface area contributed by atoms with Gasteiger partial charge < -0.3 is 23.5 Å². The Balaban J connectivity index is 1.87. The van der Waals surface area contributed by atoms with Gasteiger partial charge in [-0.05, 0) is 75.9 Å². The lowest BCUT2D eigenvalue weighted by molar-refractivity contribution is 0.0593. The Bertz CT molecular complexity index is 1310. The summed E-state index contributed by atoms with van der Waals surface area (Å²) < 4.78 is 23.1. The number of aryl methyl sites for hydroxylation is 2. The fourth-order valence-corrected chi connectivity index (χ4v) is 4.73. The second-order valence-electron chi connectivity index (χ2n) is 9.15. The molecule has 1 aromatic heterocycles. The first kappa shape index (κ1) is 24.8.